The molecule has 1 aliphatic heterocycles. The van der Waals surface area contributed by atoms with Crippen molar-refractivity contribution in [3.05, 3.63) is 22.9 Å². The maximum atomic E-state index is 6.02. The van der Waals surface area contributed by atoms with Crippen molar-refractivity contribution >= 4 is 21.6 Å². The average molecular weight is 326 g/mol. The van der Waals surface area contributed by atoms with Crippen LogP contribution in [0, 0.1) is 0 Å². The molecule has 1 aliphatic carbocycles. The van der Waals surface area contributed by atoms with Crippen molar-refractivity contribution in [3.63, 3.8) is 0 Å². The predicted octanol–water partition coefficient (Wildman–Crippen LogP) is 2.56. The summed E-state index contributed by atoms with van der Waals surface area (Å²) in [6.07, 6.45) is 8.26. The summed E-state index contributed by atoms with van der Waals surface area (Å²) in [6.45, 7) is 2.86. The lowest BCUT2D eigenvalue weighted by molar-refractivity contribution is -0.0888. The van der Waals surface area contributed by atoms with Gasteiger partial charge in [0, 0.05) is 31.5 Å². The van der Waals surface area contributed by atoms with Crippen LogP contribution in [0.5, 0.6) is 0 Å². The van der Waals surface area contributed by atoms with E-state index in [2.05, 4.69) is 31.5 Å². The Morgan fingerprint density at radius 3 is 2.95 bits per heavy atom. The summed E-state index contributed by atoms with van der Waals surface area (Å²) >= 11 is 3.53. The zero-order valence-corrected chi connectivity index (χ0v) is 12.6. The molecule has 0 bridgehead atoms. The molecular formula is C14H20BrN3O. The minimum atomic E-state index is 0.103. The molecule has 5 heteroatoms. The van der Waals surface area contributed by atoms with Crippen LogP contribution in [0.3, 0.4) is 0 Å². The van der Waals surface area contributed by atoms with Crippen LogP contribution in [-0.4, -0.2) is 36.3 Å². The Labute approximate surface area is 122 Å². The molecule has 1 aromatic heterocycles. The van der Waals surface area contributed by atoms with Gasteiger partial charge in [-0.25, -0.2) is 0 Å². The van der Waals surface area contributed by atoms with Crippen LogP contribution in [0.2, 0.25) is 0 Å². The van der Waals surface area contributed by atoms with Gasteiger partial charge in [-0.05, 0) is 47.7 Å². The standard InChI is InChI=1S/C14H20BrN3O/c15-12-9-16-6-3-13(12)18-11-1-4-14(5-2-11)10-17-7-8-19-14/h3,6,9,11,17H,1-2,4-5,7-8,10H2,(H,16,18). The molecule has 0 atom stereocenters. The lowest BCUT2D eigenvalue weighted by Crippen LogP contribution is -2.52. The Bertz CT molecular complexity index is 424. The first kappa shape index (κ1) is 13.3. The molecule has 4 nitrogen and oxygen atoms in total. The van der Waals surface area contributed by atoms with Gasteiger partial charge in [-0.2, -0.15) is 0 Å². The van der Waals surface area contributed by atoms with Crippen LogP contribution >= 0.6 is 15.9 Å². The van der Waals surface area contributed by atoms with Gasteiger partial charge >= 0.3 is 0 Å². The molecule has 19 heavy (non-hydrogen) atoms. The number of anilines is 1. The van der Waals surface area contributed by atoms with E-state index in [4.69, 9.17) is 4.74 Å². The van der Waals surface area contributed by atoms with Crippen molar-refractivity contribution in [1.82, 2.24) is 10.3 Å². The predicted molar refractivity (Wildman–Crippen MR) is 79.4 cm³/mol. The number of hydrogen-bond donors (Lipinski definition) is 2. The minimum Gasteiger partial charge on any atom is -0.381 e. The van der Waals surface area contributed by atoms with Gasteiger partial charge in [-0.15, -0.1) is 0 Å². The molecule has 1 saturated heterocycles. The maximum Gasteiger partial charge on any atom is 0.0808 e. The van der Waals surface area contributed by atoms with E-state index in [1.807, 2.05) is 18.5 Å². The summed E-state index contributed by atoms with van der Waals surface area (Å²) in [5, 5.41) is 7.07. The topological polar surface area (TPSA) is 46.2 Å². The number of rotatable bonds is 2. The smallest absolute Gasteiger partial charge is 0.0808 e. The largest absolute Gasteiger partial charge is 0.381 e. The quantitative estimate of drug-likeness (QED) is 0.877. The second-order valence-corrected chi connectivity index (χ2v) is 6.34. The molecule has 0 unspecified atom stereocenters. The zero-order chi connectivity index (χ0) is 13.1. The van der Waals surface area contributed by atoms with Crippen LogP contribution in [0.25, 0.3) is 0 Å². The number of nitrogens with one attached hydrogen (secondary N) is 2. The van der Waals surface area contributed by atoms with E-state index in [-0.39, 0.29) is 5.60 Å². The van der Waals surface area contributed by atoms with E-state index >= 15 is 0 Å². The van der Waals surface area contributed by atoms with Gasteiger partial charge in [0.1, 0.15) is 0 Å². The molecule has 0 amide bonds. The van der Waals surface area contributed by atoms with E-state index < -0.39 is 0 Å². The van der Waals surface area contributed by atoms with Crippen molar-refractivity contribution < 1.29 is 4.74 Å². The second kappa shape index (κ2) is 5.77. The van der Waals surface area contributed by atoms with Crippen molar-refractivity contribution in [2.24, 2.45) is 0 Å². The average Bonchev–Trinajstić information content (AvgIpc) is 2.45. The molecule has 2 fully saturated rings. The van der Waals surface area contributed by atoms with Gasteiger partial charge in [0.05, 0.1) is 22.4 Å². The Kier molecular flexibility index (Phi) is 4.05. The van der Waals surface area contributed by atoms with E-state index in [1.54, 1.807) is 0 Å². The fourth-order valence-electron chi connectivity index (χ4n) is 3.03. The summed E-state index contributed by atoms with van der Waals surface area (Å²) < 4.78 is 7.05. The van der Waals surface area contributed by atoms with Crippen LogP contribution in [0.1, 0.15) is 25.7 Å². The summed E-state index contributed by atoms with van der Waals surface area (Å²) in [6, 6.07) is 2.56. The fourth-order valence-corrected chi connectivity index (χ4v) is 3.39. The van der Waals surface area contributed by atoms with Crippen LogP contribution < -0.4 is 10.6 Å². The molecular weight excluding hydrogens is 306 g/mol. The van der Waals surface area contributed by atoms with Gasteiger partial charge in [0.25, 0.3) is 0 Å². The first-order valence-corrected chi connectivity index (χ1v) is 7.77. The number of aromatic nitrogens is 1. The molecule has 1 spiro atoms. The summed E-state index contributed by atoms with van der Waals surface area (Å²) in [4.78, 5) is 4.09. The van der Waals surface area contributed by atoms with Crippen LogP contribution in [0.15, 0.2) is 22.9 Å². The molecule has 1 saturated carbocycles. The Morgan fingerprint density at radius 1 is 1.42 bits per heavy atom. The summed E-state index contributed by atoms with van der Waals surface area (Å²) in [5.74, 6) is 0. The first-order chi connectivity index (χ1) is 9.27. The molecule has 1 aromatic rings. The number of pyridine rings is 1. The first-order valence-electron chi connectivity index (χ1n) is 6.98. The third-order valence-corrected chi connectivity index (χ3v) is 4.80. The highest BCUT2D eigenvalue weighted by molar-refractivity contribution is 9.10. The van der Waals surface area contributed by atoms with Gasteiger partial charge in [-0.3, -0.25) is 4.98 Å². The molecule has 2 N–H and O–H groups in total. The second-order valence-electron chi connectivity index (χ2n) is 5.48. The minimum absolute atomic E-state index is 0.103. The summed E-state index contributed by atoms with van der Waals surface area (Å²) in [7, 11) is 0. The lowest BCUT2D eigenvalue weighted by Gasteiger charge is -2.43. The SMILES string of the molecule is Brc1cnccc1NC1CCC2(CC1)CNCCO2. The van der Waals surface area contributed by atoms with Crippen molar-refractivity contribution in [1.29, 1.82) is 0 Å². The zero-order valence-electron chi connectivity index (χ0n) is 11.0. The molecule has 2 aliphatic rings. The highest BCUT2D eigenvalue weighted by atomic mass is 79.9. The number of nitrogens with zero attached hydrogens (tertiary/aromatic N) is 1. The molecule has 0 aromatic carbocycles. The van der Waals surface area contributed by atoms with Gasteiger partial charge in [0.2, 0.25) is 0 Å². The maximum absolute atomic E-state index is 6.02. The molecule has 0 radical (unpaired) electrons. The highest BCUT2D eigenvalue weighted by Crippen LogP contribution is 2.34. The van der Waals surface area contributed by atoms with Crippen LogP contribution in [0.4, 0.5) is 5.69 Å². The van der Waals surface area contributed by atoms with Gasteiger partial charge < -0.3 is 15.4 Å². The van der Waals surface area contributed by atoms with E-state index in [9.17, 15) is 0 Å². The van der Waals surface area contributed by atoms with Crippen molar-refractivity contribution in [2.45, 2.75) is 37.3 Å². The summed E-state index contributed by atoms with van der Waals surface area (Å²) in [5.41, 5.74) is 1.24. The van der Waals surface area contributed by atoms with E-state index in [0.717, 1.165) is 55.5 Å². The fraction of sp³-hybridized carbons (Fsp3) is 0.643. The van der Waals surface area contributed by atoms with Gasteiger partial charge in [0.15, 0.2) is 0 Å². The molecule has 2 heterocycles. The Balaban J connectivity index is 1.57. The third kappa shape index (κ3) is 3.09. The van der Waals surface area contributed by atoms with Crippen molar-refractivity contribution in [3.8, 4) is 0 Å². The van der Waals surface area contributed by atoms with Crippen molar-refractivity contribution in [2.75, 3.05) is 25.0 Å². The van der Waals surface area contributed by atoms with E-state index in [1.165, 1.54) is 0 Å². The number of halogens is 1. The number of morpholine rings is 1. The molecule has 3 rings (SSSR count). The number of ether oxygens (including phenoxy) is 1. The Hall–Kier alpha value is -0.650. The van der Waals surface area contributed by atoms with E-state index in [0.29, 0.717) is 6.04 Å². The molecule has 104 valence electrons. The third-order valence-electron chi connectivity index (χ3n) is 4.16. The normalized spacial score (nSPS) is 31.3. The van der Waals surface area contributed by atoms with Gasteiger partial charge in [-0.1, -0.05) is 0 Å². The highest BCUT2D eigenvalue weighted by Gasteiger charge is 2.37. The lowest BCUT2D eigenvalue weighted by atomic mass is 9.81. The number of hydrogen-bond acceptors (Lipinski definition) is 4. The van der Waals surface area contributed by atoms with Crippen LogP contribution in [-0.2, 0) is 4.74 Å². The monoisotopic (exact) mass is 325 g/mol. The Morgan fingerprint density at radius 2 is 2.26 bits per heavy atom.